The molecule has 0 aliphatic heterocycles. The van der Waals surface area contributed by atoms with Gasteiger partial charge in [-0.2, -0.15) is 0 Å². The van der Waals surface area contributed by atoms with Crippen LogP contribution in [0, 0.1) is 5.92 Å². The van der Waals surface area contributed by atoms with Gasteiger partial charge < -0.3 is 0 Å². The molecule has 1 aliphatic carbocycles. The second-order valence-electron chi connectivity index (χ2n) is 4.14. The molecule has 0 N–H and O–H groups in total. The summed E-state index contributed by atoms with van der Waals surface area (Å²) in [5, 5.41) is 1.30. The van der Waals surface area contributed by atoms with Gasteiger partial charge in [-0.05, 0) is 49.3 Å². The molecule has 0 radical (unpaired) electrons. The van der Waals surface area contributed by atoms with Crippen molar-refractivity contribution < 1.29 is 0 Å². The van der Waals surface area contributed by atoms with Crippen molar-refractivity contribution in [1.82, 2.24) is 0 Å². The highest BCUT2D eigenvalue weighted by Crippen LogP contribution is 2.38. The summed E-state index contributed by atoms with van der Waals surface area (Å²) < 4.78 is 0. The Balaban J connectivity index is 1.89. The van der Waals surface area contributed by atoms with Gasteiger partial charge in [0.2, 0.25) is 0 Å². The van der Waals surface area contributed by atoms with Crippen LogP contribution in [0.4, 0.5) is 0 Å². The fraction of sp³-hybridized carbons (Fsp3) is 0.500. The van der Waals surface area contributed by atoms with Gasteiger partial charge in [-0.1, -0.05) is 45.2 Å². The van der Waals surface area contributed by atoms with E-state index in [1.807, 2.05) is 12.1 Å². The van der Waals surface area contributed by atoms with Crippen molar-refractivity contribution in [3.05, 3.63) is 33.8 Å². The lowest BCUT2D eigenvalue weighted by molar-refractivity contribution is 0.696. The number of aryl methyl sites for hydroxylation is 1. The molecule has 3 heteroatoms. The third-order valence-corrected chi connectivity index (χ3v) is 4.77. The topological polar surface area (TPSA) is 0 Å². The van der Waals surface area contributed by atoms with Gasteiger partial charge >= 0.3 is 0 Å². The molecule has 1 atom stereocenters. The van der Waals surface area contributed by atoms with Crippen LogP contribution in [0.2, 0.25) is 10.0 Å². The van der Waals surface area contributed by atoms with Gasteiger partial charge in [0.15, 0.2) is 0 Å². The average molecular weight is 308 g/mol. The monoisotopic (exact) mass is 306 g/mol. The van der Waals surface area contributed by atoms with Gasteiger partial charge in [0.25, 0.3) is 0 Å². The highest BCUT2D eigenvalue weighted by atomic mass is 79.9. The zero-order valence-electron chi connectivity index (χ0n) is 8.35. The van der Waals surface area contributed by atoms with E-state index < -0.39 is 0 Å². The van der Waals surface area contributed by atoms with Crippen molar-refractivity contribution in [1.29, 1.82) is 0 Å². The summed E-state index contributed by atoms with van der Waals surface area (Å²) in [5.41, 5.74) is 1.27. The number of alkyl halides is 1. The van der Waals surface area contributed by atoms with Gasteiger partial charge in [-0.25, -0.2) is 0 Å². The van der Waals surface area contributed by atoms with Gasteiger partial charge in [-0.3, -0.25) is 0 Å². The first-order valence-corrected chi connectivity index (χ1v) is 6.92. The molecule has 1 unspecified atom stereocenters. The Hall–Kier alpha value is 0.280. The maximum Gasteiger partial charge on any atom is 0.0595 e. The Morgan fingerprint density at radius 1 is 1.27 bits per heavy atom. The van der Waals surface area contributed by atoms with Gasteiger partial charge in [0.1, 0.15) is 0 Å². The Morgan fingerprint density at radius 2 is 2.00 bits per heavy atom. The normalized spacial score (nSPS) is 17.8. The lowest BCUT2D eigenvalue weighted by atomic mass is 10.1. The lowest BCUT2D eigenvalue weighted by Gasteiger charge is -2.08. The fourth-order valence-electron chi connectivity index (χ4n) is 1.69. The van der Waals surface area contributed by atoms with E-state index in [1.165, 1.54) is 24.8 Å². The number of rotatable bonds is 4. The van der Waals surface area contributed by atoms with Crippen LogP contribution in [-0.2, 0) is 6.42 Å². The molecule has 1 aliphatic rings. The molecule has 1 aromatic carbocycles. The van der Waals surface area contributed by atoms with E-state index in [1.54, 1.807) is 0 Å². The van der Waals surface area contributed by atoms with E-state index in [-0.39, 0.29) is 0 Å². The minimum absolute atomic E-state index is 0.637. The van der Waals surface area contributed by atoms with Crippen LogP contribution < -0.4 is 0 Å². The number of hydrogen-bond donors (Lipinski definition) is 0. The quantitative estimate of drug-likeness (QED) is 0.679. The molecule has 0 nitrogen and oxygen atoms in total. The minimum Gasteiger partial charge on any atom is -0.0888 e. The molecule has 1 aromatic rings. The van der Waals surface area contributed by atoms with Gasteiger partial charge in [-0.15, -0.1) is 0 Å². The summed E-state index contributed by atoms with van der Waals surface area (Å²) in [6, 6.07) is 5.90. The molecule has 2 rings (SSSR count). The number of hydrogen-bond acceptors (Lipinski definition) is 0. The number of halogens is 3. The predicted molar refractivity (Wildman–Crippen MR) is 70.2 cm³/mol. The van der Waals surface area contributed by atoms with Crippen LogP contribution in [0.5, 0.6) is 0 Å². The van der Waals surface area contributed by atoms with Crippen molar-refractivity contribution in [2.45, 2.75) is 30.5 Å². The first-order valence-electron chi connectivity index (χ1n) is 5.25. The van der Waals surface area contributed by atoms with E-state index in [9.17, 15) is 0 Å². The molecule has 1 fully saturated rings. The van der Waals surface area contributed by atoms with Crippen LogP contribution in [-0.4, -0.2) is 4.83 Å². The van der Waals surface area contributed by atoms with E-state index in [4.69, 9.17) is 23.2 Å². The second kappa shape index (κ2) is 5.07. The average Bonchev–Trinajstić information content (AvgIpc) is 3.03. The van der Waals surface area contributed by atoms with Crippen LogP contribution in [0.25, 0.3) is 0 Å². The zero-order valence-corrected chi connectivity index (χ0v) is 11.4. The maximum absolute atomic E-state index is 5.96. The van der Waals surface area contributed by atoms with E-state index in [0.29, 0.717) is 14.9 Å². The molecule has 0 amide bonds. The third kappa shape index (κ3) is 3.37. The smallest absolute Gasteiger partial charge is 0.0595 e. The molecule has 0 bridgehead atoms. The highest BCUT2D eigenvalue weighted by Gasteiger charge is 2.28. The molecular formula is C12H13BrCl2. The predicted octanol–water partition coefficient (Wildman–Crippen LogP) is 5.10. The van der Waals surface area contributed by atoms with E-state index in [0.717, 1.165) is 12.3 Å². The second-order valence-corrected chi connectivity index (χ2v) is 6.13. The van der Waals surface area contributed by atoms with E-state index >= 15 is 0 Å². The summed E-state index contributed by atoms with van der Waals surface area (Å²) in [5.74, 6) is 0.910. The Morgan fingerprint density at radius 3 is 2.60 bits per heavy atom. The van der Waals surface area contributed by atoms with Crippen LogP contribution in [0.15, 0.2) is 18.2 Å². The lowest BCUT2D eigenvalue weighted by Crippen LogP contribution is -2.02. The van der Waals surface area contributed by atoms with Crippen LogP contribution in [0.3, 0.4) is 0 Å². The summed E-state index contributed by atoms with van der Waals surface area (Å²) >= 11 is 15.6. The molecule has 15 heavy (non-hydrogen) atoms. The summed E-state index contributed by atoms with van der Waals surface area (Å²) in [7, 11) is 0. The van der Waals surface area contributed by atoms with E-state index in [2.05, 4.69) is 22.0 Å². The molecule has 0 heterocycles. The first-order chi connectivity index (χ1) is 7.16. The van der Waals surface area contributed by atoms with Gasteiger partial charge in [0.05, 0.1) is 10.0 Å². The minimum atomic E-state index is 0.637. The molecular weight excluding hydrogens is 295 g/mol. The molecule has 0 spiro atoms. The zero-order chi connectivity index (χ0) is 10.8. The molecule has 82 valence electrons. The van der Waals surface area contributed by atoms with Gasteiger partial charge in [0, 0.05) is 4.83 Å². The Labute approximate surface area is 109 Å². The largest absolute Gasteiger partial charge is 0.0888 e. The highest BCUT2D eigenvalue weighted by molar-refractivity contribution is 9.09. The Kier molecular flexibility index (Phi) is 3.98. The van der Waals surface area contributed by atoms with Crippen molar-refractivity contribution in [3.8, 4) is 0 Å². The van der Waals surface area contributed by atoms with Crippen molar-refractivity contribution in [3.63, 3.8) is 0 Å². The molecule has 1 saturated carbocycles. The third-order valence-electron chi connectivity index (χ3n) is 2.83. The van der Waals surface area contributed by atoms with Crippen LogP contribution >= 0.6 is 39.1 Å². The summed E-state index contributed by atoms with van der Waals surface area (Å²) in [6.45, 7) is 0. The Bertz CT molecular complexity index is 347. The standard InChI is InChI=1S/C12H13BrCl2/c13-10(9-3-4-9)5-1-8-2-6-11(14)12(15)7-8/h2,6-7,9-10H,1,3-5H2. The summed E-state index contributed by atoms with van der Waals surface area (Å²) in [6.07, 6.45) is 5.03. The molecule has 0 saturated heterocycles. The number of benzene rings is 1. The fourth-order valence-corrected chi connectivity index (χ4v) is 2.77. The van der Waals surface area contributed by atoms with Crippen LogP contribution in [0.1, 0.15) is 24.8 Å². The summed E-state index contributed by atoms with van der Waals surface area (Å²) in [4.78, 5) is 0.673. The van der Waals surface area contributed by atoms with Crippen molar-refractivity contribution >= 4 is 39.1 Å². The first kappa shape index (κ1) is 11.8. The molecule has 0 aromatic heterocycles. The maximum atomic E-state index is 5.96. The van der Waals surface area contributed by atoms with Crippen molar-refractivity contribution in [2.24, 2.45) is 5.92 Å². The van der Waals surface area contributed by atoms with Crippen molar-refractivity contribution in [2.75, 3.05) is 0 Å². The SMILES string of the molecule is Clc1ccc(CCC(Br)C2CC2)cc1Cl.